The van der Waals surface area contributed by atoms with Gasteiger partial charge in [0.1, 0.15) is 5.82 Å². The molecule has 0 bridgehead atoms. The Balaban J connectivity index is 2.32. The van der Waals surface area contributed by atoms with Crippen molar-refractivity contribution in [2.24, 2.45) is 18.4 Å². The van der Waals surface area contributed by atoms with Gasteiger partial charge in [0.05, 0.1) is 6.04 Å². The number of aromatic nitrogens is 2. The fourth-order valence-electron chi connectivity index (χ4n) is 3.94. The Morgan fingerprint density at radius 3 is 2.53 bits per heavy atom. The molecule has 1 fully saturated rings. The third kappa shape index (κ3) is 3.02. The van der Waals surface area contributed by atoms with Crippen LogP contribution in [0.1, 0.15) is 64.7 Å². The van der Waals surface area contributed by atoms with Crippen molar-refractivity contribution in [1.29, 1.82) is 0 Å². The first-order chi connectivity index (χ1) is 9.09. The SMILES string of the molecule is CCNC(c1nccn1C)C1(CC(C)C)CCCC1. The zero-order chi connectivity index (χ0) is 13.9. The minimum absolute atomic E-state index is 0.405. The number of rotatable bonds is 6. The molecule has 0 aromatic carbocycles. The molecule has 0 radical (unpaired) electrons. The molecule has 0 aliphatic heterocycles. The lowest BCUT2D eigenvalue weighted by atomic mass is 9.72. The van der Waals surface area contributed by atoms with Crippen LogP contribution in [0.15, 0.2) is 12.4 Å². The van der Waals surface area contributed by atoms with Crippen molar-refractivity contribution >= 4 is 0 Å². The maximum Gasteiger partial charge on any atom is 0.126 e. The van der Waals surface area contributed by atoms with Gasteiger partial charge < -0.3 is 9.88 Å². The third-order valence-electron chi connectivity index (χ3n) is 4.55. The minimum Gasteiger partial charge on any atom is -0.337 e. The van der Waals surface area contributed by atoms with E-state index in [1.807, 2.05) is 6.20 Å². The molecule has 108 valence electrons. The van der Waals surface area contributed by atoms with Crippen LogP contribution < -0.4 is 5.32 Å². The zero-order valence-electron chi connectivity index (χ0n) is 12.9. The molecule has 0 saturated heterocycles. The largest absolute Gasteiger partial charge is 0.337 e. The normalized spacial score (nSPS) is 20.1. The van der Waals surface area contributed by atoms with Crippen LogP contribution >= 0.6 is 0 Å². The molecule has 1 N–H and O–H groups in total. The Morgan fingerprint density at radius 2 is 2.05 bits per heavy atom. The standard InChI is InChI=1S/C16H29N3/c1-5-17-14(15-18-10-11-19(15)4)16(12-13(2)3)8-6-7-9-16/h10-11,13-14,17H,5-9,12H2,1-4H3. The molecule has 1 aromatic heterocycles. The highest BCUT2D eigenvalue weighted by molar-refractivity contribution is 5.08. The van der Waals surface area contributed by atoms with Gasteiger partial charge in [-0.25, -0.2) is 4.98 Å². The summed E-state index contributed by atoms with van der Waals surface area (Å²) in [4.78, 5) is 4.63. The van der Waals surface area contributed by atoms with E-state index in [-0.39, 0.29) is 0 Å². The van der Waals surface area contributed by atoms with E-state index in [1.54, 1.807) is 0 Å². The smallest absolute Gasteiger partial charge is 0.126 e. The van der Waals surface area contributed by atoms with E-state index in [9.17, 15) is 0 Å². The molecule has 0 amide bonds. The number of hydrogen-bond donors (Lipinski definition) is 1. The van der Waals surface area contributed by atoms with Crippen LogP contribution in [0, 0.1) is 11.3 Å². The van der Waals surface area contributed by atoms with Gasteiger partial charge in [-0.05, 0) is 37.1 Å². The predicted molar refractivity (Wildman–Crippen MR) is 80.0 cm³/mol. The molecule has 1 saturated carbocycles. The lowest BCUT2D eigenvalue weighted by Gasteiger charge is -2.39. The summed E-state index contributed by atoms with van der Waals surface area (Å²) in [5.74, 6) is 1.96. The Hall–Kier alpha value is -0.830. The molecule has 19 heavy (non-hydrogen) atoms. The van der Waals surface area contributed by atoms with Crippen LogP contribution in [0.25, 0.3) is 0 Å². The van der Waals surface area contributed by atoms with Crippen molar-refractivity contribution < 1.29 is 0 Å². The first kappa shape index (κ1) is 14.6. The minimum atomic E-state index is 0.405. The Kier molecular flexibility index (Phi) is 4.67. The van der Waals surface area contributed by atoms with E-state index < -0.39 is 0 Å². The summed E-state index contributed by atoms with van der Waals surface area (Å²) in [6.45, 7) is 7.91. The summed E-state index contributed by atoms with van der Waals surface area (Å²) in [6, 6.07) is 0.405. The van der Waals surface area contributed by atoms with E-state index in [2.05, 4.69) is 48.9 Å². The molecule has 3 heteroatoms. The molecule has 1 unspecified atom stereocenters. The van der Waals surface area contributed by atoms with Gasteiger partial charge in [-0.2, -0.15) is 0 Å². The Bertz CT molecular complexity index is 388. The van der Waals surface area contributed by atoms with Gasteiger partial charge in [0.2, 0.25) is 0 Å². The highest BCUT2D eigenvalue weighted by Gasteiger charge is 2.43. The van der Waals surface area contributed by atoms with Crippen LogP contribution in [0.4, 0.5) is 0 Å². The highest BCUT2D eigenvalue weighted by atomic mass is 15.1. The van der Waals surface area contributed by atoms with E-state index >= 15 is 0 Å². The maximum absolute atomic E-state index is 4.63. The monoisotopic (exact) mass is 263 g/mol. The third-order valence-corrected chi connectivity index (χ3v) is 4.55. The molecule has 3 nitrogen and oxygen atoms in total. The van der Waals surface area contributed by atoms with Crippen LogP contribution in [0.3, 0.4) is 0 Å². The molecule has 1 aliphatic carbocycles. The average Bonchev–Trinajstić information content (AvgIpc) is 2.96. The molecular formula is C16H29N3. The van der Waals surface area contributed by atoms with Crippen LogP contribution in [0.2, 0.25) is 0 Å². The van der Waals surface area contributed by atoms with Crippen molar-refractivity contribution in [2.45, 2.75) is 58.9 Å². The van der Waals surface area contributed by atoms with Crippen LogP contribution in [-0.2, 0) is 7.05 Å². The molecule has 0 spiro atoms. The second-order valence-corrected chi connectivity index (χ2v) is 6.55. The number of imidazole rings is 1. The lowest BCUT2D eigenvalue weighted by molar-refractivity contribution is 0.148. The van der Waals surface area contributed by atoms with Gasteiger partial charge in [-0.1, -0.05) is 33.6 Å². The quantitative estimate of drug-likeness (QED) is 0.848. The topological polar surface area (TPSA) is 29.9 Å². The van der Waals surface area contributed by atoms with Crippen molar-refractivity contribution in [3.05, 3.63) is 18.2 Å². The molecule has 1 aliphatic rings. The van der Waals surface area contributed by atoms with Gasteiger partial charge in [0.15, 0.2) is 0 Å². The van der Waals surface area contributed by atoms with E-state index in [4.69, 9.17) is 0 Å². The summed E-state index contributed by atoms with van der Waals surface area (Å²) in [7, 11) is 2.12. The second kappa shape index (κ2) is 6.08. The summed E-state index contributed by atoms with van der Waals surface area (Å²) in [5.41, 5.74) is 0.406. The fraction of sp³-hybridized carbons (Fsp3) is 0.812. The summed E-state index contributed by atoms with van der Waals surface area (Å²) in [6.07, 6.45) is 10.7. The van der Waals surface area contributed by atoms with Gasteiger partial charge in [-0.15, -0.1) is 0 Å². The first-order valence-corrected chi connectivity index (χ1v) is 7.79. The second-order valence-electron chi connectivity index (χ2n) is 6.55. The first-order valence-electron chi connectivity index (χ1n) is 7.79. The maximum atomic E-state index is 4.63. The predicted octanol–water partition coefficient (Wildman–Crippen LogP) is 3.68. The number of aryl methyl sites for hydroxylation is 1. The van der Waals surface area contributed by atoms with E-state index in [1.165, 1.54) is 37.9 Å². The molecular weight excluding hydrogens is 234 g/mol. The van der Waals surface area contributed by atoms with Crippen molar-refractivity contribution in [1.82, 2.24) is 14.9 Å². The summed E-state index contributed by atoms with van der Waals surface area (Å²) in [5, 5.41) is 3.73. The molecule has 1 heterocycles. The van der Waals surface area contributed by atoms with Crippen molar-refractivity contribution in [2.75, 3.05) is 6.54 Å². The molecule has 1 aromatic rings. The van der Waals surface area contributed by atoms with Crippen LogP contribution in [-0.4, -0.2) is 16.1 Å². The van der Waals surface area contributed by atoms with Crippen molar-refractivity contribution in [3.8, 4) is 0 Å². The summed E-state index contributed by atoms with van der Waals surface area (Å²) >= 11 is 0. The Morgan fingerprint density at radius 1 is 1.37 bits per heavy atom. The van der Waals surface area contributed by atoms with E-state index in [0.717, 1.165) is 12.5 Å². The highest BCUT2D eigenvalue weighted by Crippen LogP contribution is 2.51. The number of nitrogens with one attached hydrogen (secondary N) is 1. The van der Waals surface area contributed by atoms with E-state index in [0.29, 0.717) is 11.5 Å². The number of hydrogen-bond acceptors (Lipinski definition) is 2. The zero-order valence-corrected chi connectivity index (χ0v) is 12.9. The van der Waals surface area contributed by atoms with Crippen molar-refractivity contribution in [3.63, 3.8) is 0 Å². The summed E-state index contributed by atoms with van der Waals surface area (Å²) < 4.78 is 2.19. The van der Waals surface area contributed by atoms with Gasteiger partial charge in [0, 0.05) is 19.4 Å². The lowest BCUT2D eigenvalue weighted by Crippen LogP contribution is -2.39. The number of nitrogens with zero attached hydrogens (tertiary/aromatic N) is 2. The fourth-order valence-corrected chi connectivity index (χ4v) is 3.94. The Labute approximate surface area is 117 Å². The average molecular weight is 263 g/mol. The molecule has 2 rings (SSSR count). The molecule has 1 atom stereocenters. The van der Waals surface area contributed by atoms with Gasteiger partial charge in [-0.3, -0.25) is 0 Å². The van der Waals surface area contributed by atoms with Gasteiger partial charge >= 0.3 is 0 Å². The van der Waals surface area contributed by atoms with Crippen LogP contribution in [0.5, 0.6) is 0 Å². The van der Waals surface area contributed by atoms with Gasteiger partial charge in [0.25, 0.3) is 0 Å².